The number of benzene rings is 2. The molecule has 0 fully saturated rings. The zero-order valence-corrected chi connectivity index (χ0v) is 20.4. The molecule has 0 aliphatic carbocycles. The summed E-state index contributed by atoms with van der Waals surface area (Å²) < 4.78 is 59.6. The summed E-state index contributed by atoms with van der Waals surface area (Å²) in [5.74, 6) is -0.628. The van der Waals surface area contributed by atoms with Crippen LogP contribution in [0.15, 0.2) is 54.2 Å². The van der Waals surface area contributed by atoms with Gasteiger partial charge in [0.1, 0.15) is 11.6 Å². The quantitative estimate of drug-likeness (QED) is 0.181. The Balaban J connectivity index is 1.71. The van der Waals surface area contributed by atoms with Crippen molar-refractivity contribution in [1.82, 2.24) is 14.8 Å². The minimum atomic E-state index is -4.58. The molecular formula is C22H18Cl2F4N4O2S. The predicted octanol–water partition coefficient (Wildman–Crippen LogP) is 6.80. The van der Waals surface area contributed by atoms with Gasteiger partial charge in [-0.1, -0.05) is 41.0 Å². The number of aromatic nitrogens is 3. The summed E-state index contributed by atoms with van der Waals surface area (Å²) in [6.45, 7) is 5.68. The monoisotopic (exact) mass is 548 g/mol. The molecule has 186 valence electrons. The van der Waals surface area contributed by atoms with E-state index in [0.717, 1.165) is 36.0 Å². The van der Waals surface area contributed by atoms with E-state index < -0.39 is 29.6 Å². The van der Waals surface area contributed by atoms with E-state index in [0.29, 0.717) is 11.0 Å². The topological polar surface area (TPSA) is 69.0 Å². The molecule has 0 spiro atoms. The third-order valence-corrected chi connectivity index (χ3v) is 6.11. The SMILES string of the molecule is C=CCn1c(SCC(=O)Nc2cc(C(F)(F)F)ccc2Cl)nnc1C(C)Oc1ccc(F)cc1Cl. The molecule has 3 rings (SSSR count). The Hall–Kier alpha value is -2.76. The number of amides is 1. The van der Waals surface area contributed by atoms with Gasteiger partial charge in [0.15, 0.2) is 17.1 Å². The van der Waals surface area contributed by atoms with Gasteiger partial charge in [0.25, 0.3) is 0 Å². The second-order valence-electron chi connectivity index (χ2n) is 7.10. The summed E-state index contributed by atoms with van der Waals surface area (Å²) in [6.07, 6.45) is -3.62. The van der Waals surface area contributed by atoms with Crippen LogP contribution in [0.5, 0.6) is 5.75 Å². The first kappa shape index (κ1) is 26.8. The molecule has 35 heavy (non-hydrogen) atoms. The Labute approximate surface area is 212 Å². The number of nitrogens with zero attached hydrogens (tertiary/aromatic N) is 3. The van der Waals surface area contributed by atoms with E-state index in [2.05, 4.69) is 22.1 Å². The lowest BCUT2D eigenvalue weighted by atomic mass is 10.2. The Bertz CT molecular complexity index is 1240. The van der Waals surface area contributed by atoms with Crippen LogP contribution in [0.25, 0.3) is 0 Å². The largest absolute Gasteiger partial charge is 0.481 e. The van der Waals surface area contributed by atoms with Gasteiger partial charge in [-0.05, 0) is 43.3 Å². The number of halogens is 6. The lowest BCUT2D eigenvalue weighted by Crippen LogP contribution is -2.16. The molecule has 1 aromatic heterocycles. The first-order valence-electron chi connectivity index (χ1n) is 9.94. The highest BCUT2D eigenvalue weighted by molar-refractivity contribution is 7.99. The summed E-state index contributed by atoms with van der Waals surface area (Å²) in [5, 5.41) is 11.0. The zero-order valence-electron chi connectivity index (χ0n) is 18.1. The summed E-state index contributed by atoms with van der Waals surface area (Å²) in [6, 6.07) is 6.38. The molecule has 0 aliphatic rings. The number of hydrogen-bond acceptors (Lipinski definition) is 5. The molecule has 3 aromatic rings. The first-order chi connectivity index (χ1) is 16.5. The molecule has 0 aliphatic heterocycles. The van der Waals surface area contributed by atoms with Crippen LogP contribution in [0.2, 0.25) is 10.0 Å². The van der Waals surface area contributed by atoms with Crippen LogP contribution < -0.4 is 10.1 Å². The maximum atomic E-state index is 13.3. The van der Waals surface area contributed by atoms with Gasteiger partial charge in [-0.15, -0.1) is 16.8 Å². The minimum absolute atomic E-state index is 0.0288. The molecule has 1 atom stereocenters. The number of rotatable bonds is 9. The van der Waals surface area contributed by atoms with Crippen LogP contribution in [0, 0.1) is 5.82 Å². The van der Waals surface area contributed by atoms with Gasteiger partial charge in [0, 0.05) is 6.54 Å². The lowest BCUT2D eigenvalue weighted by Gasteiger charge is -2.16. The average molecular weight is 549 g/mol. The fraction of sp³-hybridized carbons (Fsp3) is 0.227. The second-order valence-corrected chi connectivity index (χ2v) is 8.86. The number of anilines is 1. The highest BCUT2D eigenvalue weighted by Crippen LogP contribution is 2.34. The van der Waals surface area contributed by atoms with Crippen LogP contribution in [-0.2, 0) is 17.5 Å². The first-order valence-corrected chi connectivity index (χ1v) is 11.7. The predicted molar refractivity (Wildman–Crippen MR) is 126 cm³/mol. The average Bonchev–Trinajstić information content (AvgIpc) is 3.18. The maximum absolute atomic E-state index is 13.3. The maximum Gasteiger partial charge on any atom is 0.416 e. The van der Waals surface area contributed by atoms with Crippen LogP contribution >= 0.6 is 35.0 Å². The molecule has 1 heterocycles. The molecule has 1 unspecified atom stereocenters. The number of thioether (sulfide) groups is 1. The Morgan fingerprint density at radius 1 is 1.23 bits per heavy atom. The summed E-state index contributed by atoms with van der Waals surface area (Å²) in [4.78, 5) is 12.4. The van der Waals surface area contributed by atoms with E-state index in [1.807, 2.05) is 0 Å². The number of ether oxygens (including phenoxy) is 1. The van der Waals surface area contributed by atoms with Gasteiger partial charge in [0.05, 0.1) is 27.0 Å². The van der Waals surface area contributed by atoms with Crippen molar-refractivity contribution in [2.45, 2.75) is 30.9 Å². The van der Waals surface area contributed by atoms with Crippen LogP contribution in [-0.4, -0.2) is 26.4 Å². The van der Waals surface area contributed by atoms with Gasteiger partial charge in [0.2, 0.25) is 5.91 Å². The van der Waals surface area contributed by atoms with E-state index in [1.165, 1.54) is 12.1 Å². The minimum Gasteiger partial charge on any atom is -0.481 e. The highest BCUT2D eigenvalue weighted by atomic mass is 35.5. The molecule has 6 nitrogen and oxygen atoms in total. The lowest BCUT2D eigenvalue weighted by molar-refractivity contribution is -0.137. The Morgan fingerprint density at radius 3 is 2.63 bits per heavy atom. The molecule has 0 radical (unpaired) electrons. The number of hydrogen-bond donors (Lipinski definition) is 1. The summed E-state index contributed by atoms with van der Waals surface area (Å²) in [7, 11) is 0. The Morgan fingerprint density at radius 2 is 1.97 bits per heavy atom. The van der Waals surface area contributed by atoms with Crippen molar-refractivity contribution in [3.05, 3.63) is 76.3 Å². The van der Waals surface area contributed by atoms with Crippen molar-refractivity contribution in [2.75, 3.05) is 11.1 Å². The molecule has 13 heteroatoms. The number of allylic oxidation sites excluding steroid dienone is 1. The van der Waals surface area contributed by atoms with E-state index >= 15 is 0 Å². The number of carbonyl (C=O) groups is 1. The van der Waals surface area contributed by atoms with Gasteiger partial charge >= 0.3 is 6.18 Å². The number of nitrogens with one attached hydrogen (secondary N) is 1. The van der Waals surface area contributed by atoms with E-state index in [9.17, 15) is 22.4 Å². The van der Waals surface area contributed by atoms with Crippen molar-refractivity contribution >= 4 is 46.6 Å². The molecule has 2 aromatic carbocycles. The fourth-order valence-corrected chi connectivity index (χ4v) is 4.07. The van der Waals surface area contributed by atoms with Crippen molar-refractivity contribution in [1.29, 1.82) is 0 Å². The van der Waals surface area contributed by atoms with Gasteiger partial charge in [-0.25, -0.2) is 4.39 Å². The normalized spacial score (nSPS) is 12.3. The van der Waals surface area contributed by atoms with Crippen molar-refractivity contribution in [3.8, 4) is 5.75 Å². The van der Waals surface area contributed by atoms with Crippen LogP contribution in [0.4, 0.5) is 23.2 Å². The highest BCUT2D eigenvalue weighted by Gasteiger charge is 2.31. The molecule has 0 bridgehead atoms. The zero-order chi connectivity index (χ0) is 25.8. The van der Waals surface area contributed by atoms with E-state index in [4.69, 9.17) is 27.9 Å². The Kier molecular flexibility index (Phi) is 8.68. The third-order valence-electron chi connectivity index (χ3n) is 4.52. The van der Waals surface area contributed by atoms with Crippen LogP contribution in [0.1, 0.15) is 24.4 Å². The van der Waals surface area contributed by atoms with Crippen molar-refractivity contribution in [2.24, 2.45) is 0 Å². The third kappa shape index (κ3) is 6.89. The van der Waals surface area contributed by atoms with Crippen LogP contribution in [0.3, 0.4) is 0 Å². The van der Waals surface area contributed by atoms with Crippen molar-refractivity contribution in [3.63, 3.8) is 0 Å². The van der Waals surface area contributed by atoms with Gasteiger partial charge in [-0.2, -0.15) is 13.2 Å². The standard InChI is InChI=1S/C22H18Cl2F4N4O2S/c1-3-8-32-20(12(2)34-18-7-5-14(25)10-16(18)24)30-31-21(32)35-11-19(33)29-17-9-13(22(26,27)28)4-6-15(17)23/h3-7,9-10,12H,1,8,11H2,2H3,(H,29,33). The molecule has 1 N–H and O–H groups in total. The van der Waals surface area contributed by atoms with E-state index in [1.54, 1.807) is 17.6 Å². The molecule has 0 saturated carbocycles. The fourth-order valence-electron chi connectivity index (χ4n) is 2.94. The second kappa shape index (κ2) is 11.3. The number of alkyl halides is 3. The molecule has 1 amide bonds. The molecule has 0 saturated heterocycles. The molecular weight excluding hydrogens is 531 g/mol. The summed E-state index contributed by atoms with van der Waals surface area (Å²) in [5.41, 5.74) is -1.09. The number of carbonyl (C=O) groups excluding carboxylic acids is 1. The summed E-state index contributed by atoms with van der Waals surface area (Å²) >= 11 is 13.0. The smallest absolute Gasteiger partial charge is 0.416 e. The van der Waals surface area contributed by atoms with Gasteiger partial charge in [-0.3, -0.25) is 9.36 Å². The van der Waals surface area contributed by atoms with Gasteiger partial charge < -0.3 is 10.1 Å². The van der Waals surface area contributed by atoms with E-state index in [-0.39, 0.29) is 33.8 Å². The van der Waals surface area contributed by atoms with Crippen molar-refractivity contribution < 1.29 is 27.1 Å².